The second-order valence-electron chi connectivity index (χ2n) is 12.7. The van der Waals surface area contributed by atoms with Gasteiger partial charge in [-0.25, -0.2) is 4.98 Å². The van der Waals surface area contributed by atoms with Gasteiger partial charge in [0.15, 0.2) is 8.15 Å². The van der Waals surface area contributed by atoms with Crippen LogP contribution in [0.5, 0.6) is 11.5 Å². The SMILES string of the molecule is C[PH+](C)Oc1ccc(-c2cc3ccccc3cc2O)nc1-c1cc2ccccc2c(-c2cccc3c(-c4ccccc4)n([PH+](C)C)[c-]c23)n1.[Os+]. The quantitative estimate of drug-likeness (QED) is 0.128. The van der Waals surface area contributed by atoms with Crippen LogP contribution in [0.2, 0.25) is 0 Å². The van der Waals surface area contributed by atoms with Gasteiger partial charge in [-0.2, -0.15) is 0 Å². The fraction of sp³-hybridized carbons (Fsp3) is 0.0952. The van der Waals surface area contributed by atoms with Crippen molar-refractivity contribution in [3.05, 3.63) is 134 Å². The van der Waals surface area contributed by atoms with Gasteiger partial charge in [0.25, 0.3) is 0 Å². The molecule has 3 heterocycles. The smallest absolute Gasteiger partial charge is 0.507 e. The summed E-state index contributed by atoms with van der Waals surface area (Å²) in [5.41, 5.74) is 6.95. The number of nitrogens with zero attached hydrogens (tertiary/aromatic N) is 3. The number of phenolic OH excluding ortho intramolecular Hbond substituents is 1. The third-order valence-electron chi connectivity index (χ3n) is 8.81. The molecule has 0 saturated heterocycles. The first kappa shape index (κ1) is 34.0. The number of aromatic nitrogens is 3. The van der Waals surface area contributed by atoms with Crippen molar-refractivity contribution in [2.24, 2.45) is 0 Å². The van der Waals surface area contributed by atoms with E-state index >= 15 is 0 Å². The second kappa shape index (κ2) is 14.1. The summed E-state index contributed by atoms with van der Waals surface area (Å²) in [4.78, 5) is 10.6. The Bertz CT molecular complexity index is 2510. The first-order chi connectivity index (χ1) is 23.9. The molecule has 50 heavy (non-hydrogen) atoms. The zero-order chi connectivity index (χ0) is 33.6. The van der Waals surface area contributed by atoms with Crippen LogP contribution in [0.15, 0.2) is 127 Å². The summed E-state index contributed by atoms with van der Waals surface area (Å²) in [5, 5.41) is 17.5. The Kier molecular flexibility index (Phi) is 9.56. The molecule has 0 aliphatic rings. The van der Waals surface area contributed by atoms with Gasteiger partial charge in [-0.05, 0) is 69.3 Å². The molecule has 0 amide bonds. The Morgan fingerprint density at radius 3 is 2.02 bits per heavy atom. The van der Waals surface area contributed by atoms with E-state index in [0.717, 1.165) is 43.6 Å². The van der Waals surface area contributed by atoms with E-state index in [1.807, 2.05) is 42.5 Å². The number of pyridine rings is 2. The minimum absolute atomic E-state index is 0. The molecule has 8 rings (SSSR count). The molecule has 3 aromatic heterocycles. The van der Waals surface area contributed by atoms with Gasteiger partial charge < -0.3 is 14.0 Å². The summed E-state index contributed by atoms with van der Waals surface area (Å²) in [5.74, 6) is 0.866. The van der Waals surface area contributed by atoms with Crippen molar-refractivity contribution in [1.82, 2.24) is 14.3 Å². The molecule has 0 bridgehead atoms. The van der Waals surface area contributed by atoms with Gasteiger partial charge in [-0.15, -0.1) is 16.8 Å². The summed E-state index contributed by atoms with van der Waals surface area (Å²) in [7, 11) is -2.03. The van der Waals surface area contributed by atoms with E-state index in [1.54, 1.807) is 6.07 Å². The Labute approximate surface area is 307 Å². The molecule has 1 N–H and O–H groups in total. The summed E-state index contributed by atoms with van der Waals surface area (Å²) in [6.07, 6.45) is 3.80. The Morgan fingerprint density at radius 1 is 0.620 bits per heavy atom. The molecule has 247 valence electrons. The number of aromatic hydroxyl groups is 1. The molecule has 1 radical (unpaired) electrons. The van der Waals surface area contributed by atoms with Gasteiger partial charge in [0.1, 0.15) is 11.4 Å². The van der Waals surface area contributed by atoms with Crippen molar-refractivity contribution in [3.63, 3.8) is 0 Å². The van der Waals surface area contributed by atoms with Crippen molar-refractivity contribution in [2.75, 3.05) is 26.7 Å². The molecule has 0 spiro atoms. The molecule has 0 fully saturated rings. The molecule has 5 nitrogen and oxygen atoms in total. The minimum Gasteiger partial charge on any atom is -0.507 e. The fourth-order valence-electron chi connectivity index (χ4n) is 6.61. The summed E-state index contributed by atoms with van der Waals surface area (Å²) in [6.45, 7) is 8.81. The number of rotatable bonds is 7. The van der Waals surface area contributed by atoms with Crippen LogP contribution in [0, 0.1) is 6.20 Å². The van der Waals surface area contributed by atoms with Gasteiger partial charge in [0.05, 0.1) is 46.1 Å². The van der Waals surface area contributed by atoms with Crippen LogP contribution in [0.3, 0.4) is 0 Å². The summed E-state index contributed by atoms with van der Waals surface area (Å²) in [6, 6.07) is 43.3. The van der Waals surface area contributed by atoms with Crippen LogP contribution in [0.4, 0.5) is 0 Å². The van der Waals surface area contributed by atoms with Crippen LogP contribution < -0.4 is 4.52 Å². The third kappa shape index (κ3) is 6.23. The number of benzene rings is 5. The van der Waals surface area contributed by atoms with Crippen molar-refractivity contribution in [1.29, 1.82) is 0 Å². The average Bonchev–Trinajstić information content (AvgIpc) is 3.52. The van der Waals surface area contributed by atoms with E-state index in [0.29, 0.717) is 28.4 Å². The number of fused-ring (bicyclic) bond motifs is 3. The van der Waals surface area contributed by atoms with Crippen LogP contribution in [-0.2, 0) is 19.8 Å². The van der Waals surface area contributed by atoms with E-state index < -0.39 is 16.2 Å². The number of hydrogen-bond donors (Lipinski definition) is 1. The maximum Gasteiger partial charge on any atom is 1.00 e. The van der Waals surface area contributed by atoms with E-state index in [1.165, 1.54) is 11.3 Å². The van der Waals surface area contributed by atoms with Crippen LogP contribution in [0.1, 0.15) is 0 Å². The third-order valence-corrected chi connectivity index (χ3v) is 10.7. The molecule has 0 unspecified atom stereocenters. The van der Waals surface area contributed by atoms with E-state index in [9.17, 15) is 5.11 Å². The Morgan fingerprint density at radius 2 is 1.28 bits per heavy atom. The molecule has 8 heteroatoms. The largest absolute Gasteiger partial charge is 1.00 e. The topological polar surface area (TPSA) is 60.2 Å². The average molecular weight is 867 g/mol. The molecular formula is C42H36N3O2OsP2+2. The van der Waals surface area contributed by atoms with Crippen LogP contribution in [0.25, 0.3) is 77.5 Å². The van der Waals surface area contributed by atoms with Crippen molar-refractivity contribution in [3.8, 4) is 56.7 Å². The van der Waals surface area contributed by atoms with E-state index in [2.05, 4.69) is 116 Å². The standard InChI is InChI=1S/C42H34N3O2P2.Os/c1-48(2)45-26-35-32(19-12-20-33(35)42(45)27-13-6-5-7-14-27)40-31-18-11-10-17-30(31)24-37(44-40)41-39(47-49(3)4)22-21-36(43-41)34-23-28-15-8-9-16-29(28)25-38(34)46;/h5-25,46H,1-4H3;/q-1;+1/p+2. The Balaban J connectivity index is 0.00000392. The first-order valence-electron chi connectivity index (χ1n) is 16.4. The fourth-order valence-corrected chi connectivity index (χ4v) is 8.25. The van der Waals surface area contributed by atoms with Gasteiger partial charge in [0, 0.05) is 11.3 Å². The second-order valence-corrected chi connectivity index (χ2v) is 17.0. The van der Waals surface area contributed by atoms with Crippen molar-refractivity contribution in [2.45, 2.75) is 0 Å². The molecule has 0 atom stereocenters. The predicted octanol–water partition coefficient (Wildman–Crippen LogP) is 10.9. The molecule has 0 aliphatic heterocycles. The maximum absolute atomic E-state index is 11.1. The number of hydrogen-bond acceptors (Lipinski definition) is 4. The monoisotopic (exact) mass is 868 g/mol. The van der Waals surface area contributed by atoms with E-state index in [-0.39, 0.29) is 25.5 Å². The molecular weight excluding hydrogens is 831 g/mol. The molecule has 8 aromatic rings. The molecule has 0 aliphatic carbocycles. The zero-order valence-electron chi connectivity index (χ0n) is 28.2. The zero-order valence-corrected chi connectivity index (χ0v) is 32.7. The van der Waals surface area contributed by atoms with Gasteiger partial charge >= 0.3 is 19.8 Å². The van der Waals surface area contributed by atoms with Crippen molar-refractivity contribution >= 4 is 48.5 Å². The van der Waals surface area contributed by atoms with Crippen LogP contribution >= 0.6 is 16.2 Å². The number of phenols is 1. The minimum atomic E-state index is -1.12. The molecule has 0 saturated carbocycles. The predicted molar refractivity (Wildman–Crippen MR) is 211 cm³/mol. The summed E-state index contributed by atoms with van der Waals surface area (Å²) >= 11 is 0. The first-order valence-corrected chi connectivity index (χ1v) is 21.3. The van der Waals surface area contributed by atoms with Gasteiger partial charge in [0.2, 0.25) is 5.75 Å². The van der Waals surface area contributed by atoms with Gasteiger partial charge in [-0.1, -0.05) is 96.6 Å². The van der Waals surface area contributed by atoms with Crippen LogP contribution in [-0.4, -0.2) is 46.1 Å². The normalized spacial score (nSPS) is 11.5. The van der Waals surface area contributed by atoms with Crippen molar-refractivity contribution < 1.29 is 29.4 Å². The molecule has 5 aromatic carbocycles. The summed E-state index contributed by atoms with van der Waals surface area (Å²) < 4.78 is 8.79. The maximum atomic E-state index is 11.1. The Hall–Kier alpha value is -4.44. The van der Waals surface area contributed by atoms with E-state index in [4.69, 9.17) is 14.5 Å². The van der Waals surface area contributed by atoms with Gasteiger partial charge in [-0.3, -0.25) is 4.98 Å².